The maximum absolute atomic E-state index is 14.4. The number of carboxylic acid groups (broad SMARTS) is 1. The summed E-state index contributed by atoms with van der Waals surface area (Å²) in [5, 5.41) is 9.69. The van der Waals surface area contributed by atoms with E-state index < -0.39 is 53.1 Å². The molecule has 0 aromatic heterocycles. The molecule has 4 atom stereocenters. The van der Waals surface area contributed by atoms with Crippen molar-refractivity contribution in [1.29, 1.82) is 0 Å². The van der Waals surface area contributed by atoms with Gasteiger partial charge in [-0.1, -0.05) is 84.9 Å². The smallest absolute Gasteiger partial charge is 0.415 e. The fourth-order valence-electron chi connectivity index (χ4n) is 9.50. The van der Waals surface area contributed by atoms with Gasteiger partial charge in [0.2, 0.25) is 5.60 Å². The number of nitrogens with zero attached hydrogens (tertiary/aromatic N) is 2. The van der Waals surface area contributed by atoms with Crippen LogP contribution in [0.25, 0.3) is 0 Å². The Kier molecular flexibility index (Phi) is 16.9. The maximum atomic E-state index is 14.4. The lowest BCUT2D eigenvalue weighted by Crippen LogP contribution is -2.38. The molecule has 14 nitrogen and oxygen atoms in total. The fourth-order valence-corrected chi connectivity index (χ4v) is 10.5. The number of hydrogen-bond donors (Lipinski definition) is 1. The first-order valence-electron chi connectivity index (χ1n) is 24.8. The van der Waals surface area contributed by atoms with E-state index in [-0.39, 0.29) is 43.7 Å². The topological polar surface area (TPSA) is 175 Å². The second-order valence-electron chi connectivity index (χ2n) is 20.1. The SMILES string of the molecule is CSc1ccc(C(=O)C2CN(C(=O)Oc3ccccc3)CC2c2cccc(OC(C)(C)C(=O)OSc3ccc(C(=O)C4CN(C(=O)Oc5ccccc5)CC4Cc4cc(C)c(OC(C)(C)C(=O)O)c(C)c4)cc3)c2)cc1. The van der Waals surface area contributed by atoms with Crippen molar-refractivity contribution in [2.45, 2.75) is 74.9 Å². The van der Waals surface area contributed by atoms with Crippen molar-refractivity contribution < 1.29 is 57.0 Å². The molecule has 1 N–H and O–H groups in total. The minimum atomic E-state index is -1.47. The van der Waals surface area contributed by atoms with E-state index in [1.54, 1.807) is 139 Å². The lowest BCUT2D eigenvalue weighted by molar-refractivity contribution is -0.152. The predicted octanol–water partition coefficient (Wildman–Crippen LogP) is 11.9. The molecule has 2 fully saturated rings. The van der Waals surface area contributed by atoms with Gasteiger partial charge in [0.1, 0.15) is 23.0 Å². The third-order valence-corrected chi connectivity index (χ3v) is 15.1. The predicted molar refractivity (Wildman–Crippen MR) is 290 cm³/mol. The molecular weight excluding hydrogens is 1000 g/mol. The van der Waals surface area contributed by atoms with E-state index in [2.05, 4.69) is 0 Å². The third-order valence-electron chi connectivity index (χ3n) is 13.6. The largest absolute Gasteiger partial charge is 0.478 e. The Hall–Kier alpha value is -7.56. The average molecular weight is 1070 g/mol. The Labute approximate surface area is 451 Å². The van der Waals surface area contributed by atoms with E-state index in [0.29, 0.717) is 45.4 Å². The number of ether oxygens (including phenoxy) is 4. The van der Waals surface area contributed by atoms with Gasteiger partial charge in [0, 0.05) is 64.9 Å². The van der Waals surface area contributed by atoms with Crippen LogP contribution in [0.5, 0.6) is 23.0 Å². The maximum Gasteiger partial charge on any atom is 0.415 e. The Morgan fingerprint density at radius 2 is 1.09 bits per heavy atom. The molecule has 2 saturated heterocycles. The lowest BCUT2D eigenvalue weighted by Gasteiger charge is -2.25. The highest BCUT2D eigenvalue weighted by molar-refractivity contribution is 7.98. The molecule has 394 valence electrons. The van der Waals surface area contributed by atoms with E-state index in [1.165, 1.54) is 13.8 Å². The van der Waals surface area contributed by atoms with Crippen molar-refractivity contribution in [2.75, 3.05) is 32.4 Å². The number of carbonyl (C=O) groups is 6. The van der Waals surface area contributed by atoms with Crippen LogP contribution in [0.15, 0.2) is 155 Å². The minimum Gasteiger partial charge on any atom is -0.478 e. The van der Waals surface area contributed by atoms with Crippen LogP contribution in [0.3, 0.4) is 0 Å². The summed E-state index contributed by atoms with van der Waals surface area (Å²) in [5.41, 5.74) is 1.18. The van der Waals surface area contributed by atoms with E-state index in [1.807, 2.05) is 62.6 Å². The fraction of sp³-hybridized carbons (Fsp3) is 0.300. The van der Waals surface area contributed by atoms with Gasteiger partial charge in [-0.25, -0.2) is 19.2 Å². The Morgan fingerprint density at radius 3 is 1.64 bits per heavy atom. The van der Waals surface area contributed by atoms with Gasteiger partial charge in [-0.3, -0.25) is 9.59 Å². The number of carbonyl (C=O) groups excluding carboxylic acids is 5. The molecule has 0 spiro atoms. The third kappa shape index (κ3) is 13.1. The molecule has 16 heteroatoms. The number of carboxylic acids is 1. The molecule has 0 radical (unpaired) electrons. The number of hydrogen-bond acceptors (Lipinski definition) is 13. The molecule has 0 bridgehead atoms. The van der Waals surface area contributed by atoms with Crippen LogP contribution in [-0.4, -0.2) is 94.2 Å². The molecular formula is C60H60N2O12S2. The summed E-state index contributed by atoms with van der Waals surface area (Å²) in [6, 6.07) is 42.6. The van der Waals surface area contributed by atoms with E-state index in [4.69, 9.17) is 23.1 Å². The summed E-state index contributed by atoms with van der Waals surface area (Å²) >= 11 is 2.40. The Balaban J connectivity index is 0.928. The lowest BCUT2D eigenvalue weighted by atomic mass is 9.84. The first-order chi connectivity index (χ1) is 36.3. The van der Waals surface area contributed by atoms with Crippen LogP contribution in [-0.2, 0) is 20.2 Å². The molecule has 0 aliphatic carbocycles. The quantitative estimate of drug-likeness (QED) is 0.0489. The zero-order chi connectivity index (χ0) is 54.3. The van der Waals surface area contributed by atoms with Gasteiger partial charge in [-0.2, -0.15) is 0 Å². The van der Waals surface area contributed by atoms with Crippen molar-refractivity contribution >= 4 is 59.5 Å². The van der Waals surface area contributed by atoms with Gasteiger partial charge in [-0.05, 0) is 143 Å². The van der Waals surface area contributed by atoms with Crippen LogP contribution < -0.4 is 18.9 Å². The van der Waals surface area contributed by atoms with E-state index in [0.717, 1.165) is 39.2 Å². The van der Waals surface area contributed by atoms with Gasteiger partial charge < -0.3 is 38.0 Å². The second-order valence-corrected chi connectivity index (χ2v) is 21.7. The highest BCUT2D eigenvalue weighted by Crippen LogP contribution is 2.39. The number of thioether (sulfide) groups is 1. The number of ketones is 2. The van der Waals surface area contributed by atoms with Gasteiger partial charge in [-0.15, -0.1) is 11.8 Å². The van der Waals surface area contributed by atoms with E-state index >= 15 is 0 Å². The van der Waals surface area contributed by atoms with Crippen LogP contribution in [0, 0.1) is 31.6 Å². The normalized spacial score (nSPS) is 17.4. The highest BCUT2D eigenvalue weighted by Gasteiger charge is 2.43. The van der Waals surface area contributed by atoms with Crippen molar-refractivity contribution in [3.8, 4) is 23.0 Å². The molecule has 8 rings (SSSR count). The van der Waals surface area contributed by atoms with Crippen molar-refractivity contribution in [1.82, 2.24) is 9.80 Å². The number of rotatable bonds is 18. The summed E-state index contributed by atoms with van der Waals surface area (Å²) in [6.07, 6.45) is 1.28. The van der Waals surface area contributed by atoms with Crippen LogP contribution in [0.4, 0.5) is 9.59 Å². The summed E-state index contributed by atoms with van der Waals surface area (Å²) < 4.78 is 29.3. The number of aryl methyl sites for hydroxylation is 2. The molecule has 6 aromatic carbocycles. The number of benzene rings is 6. The molecule has 6 aromatic rings. The first kappa shape index (κ1) is 54.7. The molecule has 2 aliphatic rings. The van der Waals surface area contributed by atoms with Crippen LogP contribution >= 0.6 is 23.8 Å². The number of para-hydroxylation sites is 2. The summed E-state index contributed by atoms with van der Waals surface area (Å²) in [6.45, 7) is 10.6. The van der Waals surface area contributed by atoms with Gasteiger partial charge in [0.15, 0.2) is 17.2 Å². The highest BCUT2D eigenvalue weighted by atomic mass is 32.2. The van der Waals surface area contributed by atoms with Crippen molar-refractivity contribution in [2.24, 2.45) is 17.8 Å². The summed E-state index contributed by atoms with van der Waals surface area (Å²) in [5.74, 6) is -2.31. The molecule has 4 unspecified atom stereocenters. The standard InChI is InChI=1S/C60H60N2O12S2/c1-37-29-39(30-38(2)54(37)73-59(3,4)55(65)66)31-43-33-61(57(68)70-44-16-10-8-11-17-44)35-50(43)52(63)40-23-27-48(28-24-40)76-74-56(67)60(5,6)72-46-20-14-15-42(32-46)49-34-62(58(69)71-45-18-12-9-13-19-45)36-51(49)53(64)41-21-25-47(75-7)26-22-41/h8-30,32,43,49-51H,31,33-36H2,1-7H3,(H,65,66). The zero-order valence-electron chi connectivity index (χ0n) is 43.4. The molecule has 2 heterocycles. The molecule has 76 heavy (non-hydrogen) atoms. The van der Waals surface area contributed by atoms with Crippen LogP contribution in [0.2, 0.25) is 0 Å². The molecule has 0 saturated carbocycles. The first-order valence-corrected chi connectivity index (χ1v) is 26.8. The summed E-state index contributed by atoms with van der Waals surface area (Å²) in [4.78, 5) is 85.7. The Bertz CT molecular complexity index is 3070. The van der Waals surface area contributed by atoms with Gasteiger partial charge in [0.25, 0.3) is 0 Å². The Morgan fingerprint density at radius 1 is 0.579 bits per heavy atom. The monoisotopic (exact) mass is 1060 g/mol. The number of Topliss-reactive ketones (excluding diaryl/α,β-unsaturated/α-hetero) is 2. The summed E-state index contributed by atoms with van der Waals surface area (Å²) in [7, 11) is 0. The van der Waals surface area contributed by atoms with Crippen LogP contribution in [0.1, 0.15) is 76.6 Å². The van der Waals surface area contributed by atoms with E-state index in [9.17, 15) is 33.9 Å². The second kappa shape index (κ2) is 23.5. The number of amides is 2. The van der Waals surface area contributed by atoms with Gasteiger partial charge >= 0.3 is 24.1 Å². The molecule has 2 aliphatic heterocycles. The number of aliphatic carboxylic acids is 1. The number of likely N-dealkylation sites (tertiary alicyclic amines) is 2. The average Bonchev–Trinajstić information content (AvgIpc) is 4.06. The molecule has 2 amide bonds. The zero-order valence-corrected chi connectivity index (χ0v) is 45.0. The van der Waals surface area contributed by atoms with Crippen molar-refractivity contribution in [3.63, 3.8) is 0 Å². The van der Waals surface area contributed by atoms with Crippen molar-refractivity contribution in [3.05, 3.63) is 179 Å². The minimum absolute atomic E-state index is 0.103. The van der Waals surface area contributed by atoms with Gasteiger partial charge in [0.05, 0.1) is 12.0 Å².